The molecule has 0 aromatic heterocycles. The third kappa shape index (κ3) is 2.62. The van der Waals surface area contributed by atoms with E-state index in [1.54, 1.807) is 0 Å². The molecule has 0 spiro atoms. The van der Waals surface area contributed by atoms with Crippen LogP contribution < -0.4 is 0 Å². The van der Waals surface area contributed by atoms with Crippen molar-refractivity contribution >= 4 is 15.9 Å². The van der Waals surface area contributed by atoms with Crippen LogP contribution in [-0.4, -0.2) is 41.1 Å². The van der Waals surface area contributed by atoms with Gasteiger partial charge in [-0.25, -0.2) is 0 Å². The molecule has 0 heterocycles. The number of likely N-dealkylation sites (N-methyl/N-ethyl adjacent to an activating group) is 1. The topological polar surface area (TPSA) is 23.5 Å². The molecule has 1 N–H and O–H groups in total. The van der Waals surface area contributed by atoms with E-state index in [9.17, 15) is 5.11 Å². The first-order chi connectivity index (χ1) is 7.67. The Kier molecular flexibility index (Phi) is 4.31. The number of aliphatic hydroxyl groups is 1. The van der Waals surface area contributed by atoms with Crippen molar-refractivity contribution < 1.29 is 5.11 Å². The largest absolute Gasteiger partial charge is 0.391 e. The van der Waals surface area contributed by atoms with Crippen LogP contribution in [0.5, 0.6) is 0 Å². The summed E-state index contributed by atoms with van der Waals surface area (Å²) in [5.41, 5.74) is 0.506. The van der Waals surface area contributed by atoms with E-state index in [0.29, 0.717) is 11.5 Å². The zero-order chi connectivity index (χ0) is 11.6. The lowest BCUT2D eigenvalue weighted by Crippen LogP contribution is -2.50. The maximum absolute atomic E-state index is 10.0. The monoisotopic (exact) mass is 289 g/mol. The fraction of sp³-hybridized carbons (Fsp3) is 1.00. The fourth-order valence-electron chi connectivity index (χ4n) is 3.26. The van der Waals surface area contributed by atoms with Crippen LogP contribution in [0.4, 0.5) is 0 Å². The third-order valence-corrected chi connectivity index (χ3v) is 5.73. The average molecular weight is 290 g/mol. The summed E-state index contributed by atoms with van der Waals surface area (Å²) in [5.74, 6) is 0. The van der Waals surface area contributed by atoms with Gasteiger partial charge in [0.05, 0.1) is 6.10 Å². The van der Waals surface area contributed by atoms with E-state index in [1.807, 2.05) is 0 Å². The van der Waals surface area contributed by atoms with E-state index in [2.05, 4.69) is 27.9 Å². The van der Waals surface area contributed by atoms with Gasteiger partial charge in [-0.3, -0.25) is 0 Å². The first-order valence-corrected chi connectivity index (χ1v) is 7.73. The molecule has 2 aliphatic rings. The summed E-state index contributed by atoms with van der Waals surface area (Å²) in [6.45, 7) is 1.15. The Bertz CT molecular complexity index is 224. The summed E-state index contributed by atoms with van der Waals surface area (Å²) >= 11 is 3.66. The summed E-state index contributed by atoms with van der Waals surface area (Å²) in [6.07, 6.45) is 8.66. The first-order valence-electron chi connectivity index (χ1n) is 6.61. The molecule has 0 aliphatic heterocycles. The van der Waals surface area contributed by atoms with Crippen molar-refractivity contribution in [2.45, 2.75) is 57.1 Å². The number of rotatable bonds is 4. The number of aliphatic hydroxyl groups excluding tert-OH is 1. The normalized spacial score (nSPS) is 33.8. The summed E-state index contributed by atoms with van der Waals surface area (Å²) in [5, 5.41) is 11.2. The van der Waals surface area contributed by atoms with Crippen molar-refractivity contribution in [2.75, 3.05) is 18.9 Å². The number of alkyl halides is 1. The van der Waals surface area contributed by atoms with E-state index in [-0.39, 0.29) is 6.10 Å². The van der Waals surface area contributed by atoms with Crippen LogP contribution in [0.2, 0.25) is 0 Å². The molecule has 0 amide bonds. The average Bonchev–Trinajstić information content (AvgIpc) is 2.24. The maximum atomic E-state index is 10.0. The van der Waals surface area contributed by atoms with Gasteiger partial charge in [-0.2, -0.15) is 0 Å². The molecule has 3 heteroatoms. The number of hydrogen-bond acceptors (Lipinski definition) is 2. The second kappa shape index (κ2) is 5.36. The van der Waals surface area contributed by atoms with Crippen LogP contribution >= 0.6 is 15.9 Å². The Labute approximate surface area is 108 Å². The van der Waals surface area contributed by atoms with Gasteiger partial charge in [0.1, 0.15) is 0 Å². The third-order valence-electron chi connectivity index (χ3n) is 4.54. The smallest absolute Gasteiger partial charge is 0.0695 e. The maximum Gasteiger partial charge on any atom is 0.0695 e. The molecule has 0 radical (unpaired) electrons. The molecule has 2 atom stereocenters. The Morgan fingerprint density at radius 1 is 1.25 bits per heavy atom. The van der Waals surface area contributed by atoms with Gasteiger partial charge in [0.15, 0.2) is 0 Å². The van der Waals surface area contributed by atoms with Crippen molar-refractivity contribution in [3.8, 4) is 0 Å². The Balaban J connectivity index is 1.88. The van der Waals surface area contributed by atoms with Gasteiger partial charge in [0.25, 0.3) is 0 Å². The lowest BCUT2D eigenvalue weighted by Gasteiger charge is -2.46. The standard InChI is InChI=1S/C13H24BrNO/c1-15(10-13(9-14)7-4-8-13)11-5-2-3-6-12(11)16/h11-12,16H,2-10H2,1H3. The predicted octanol–water partition coefficient (Wildman–Crippen LogP) is 2.79. The lowest BCUT2D eigenvalue weighted by atomic mass is 9.70. The molecule has 2 aliphatic carbocycles. The van der Waals surface area contributed by atoms with Crippen LogP contribution in [-0.2, 0) is 0 Å². The number of hydrogen-bond donors (Lipinski definition) is 1. The van der Waals surface area contributed by atoms with Crippen molar-refractivity contribution in [3.63, 3.8) is 0 Å². The molecule has 0 aromatic carbocycles. The Morgan fingerprint density at radius 2 is 1.94 bits per heavy atom. The summed E-state index contributed by atoms with van der Waals surface area (Å²) in [7, 11) is 2.20. The van der Waals surface area contributed by atoms with Crippen LogP contribution in [0.1, 0.15) is 44.9 Å². The molecule has 0 aromatic rings. The highest BCUT2D eigenvalue weighted by atomic mass is 79.9. The highest BCUT2D eigenvalue weighted by Crippen LogP contribution is 2.43. The quantitative estimate of drug-likeness (QED) is 0.805. The molecular formula is C13H24BrNO. The lowest BCUT2D eigenvalue weighted by molar-refractivity contribution is 0.000430. The molecule has 2 saturated carbocycles. The van der Waals surface area contributed by atoms with Crippen molar-refractivity contribution in [1.82, 2.24) is 4.90 Å². The molecule has 94 valence electrons. The number of halogens is 1. The minimum atomic E-state index is -0.0915. The summed E-state index contributed by atoms with van der Waals surface area (Å²) in [6, 6.07) is 0.408. The van der Waals surface area contributed by atoms with Crippen molar-refractivity contribution in [1.29, 1.82) is 0 Å². The summed E-state index contributed by atoms with van der Waals surface area (Å²) < 4.78 is 0. The van der Waals surface area contributed by atoms with Gasteiger partial charge in [-0.1, -0.05) is 35.2 Å². The summed E-state index contributed by atoms with van der Waals surface area (Å²) in [4.78, 5) is 2.42. The van der Waals surface area contributed by atoms with E-state index in [0.717, 1.165) is 18.3 Å². The molecule has 0 saturated heterocycles. The second-order valence-electron chi connectivity index (χ2n) is 5.82. The zero-order valence-electron chi connectivity index (χ0n) is 10.3. The highest BCUT2D eigenvalue weighted by molar-refractivity contribution is 9.09. The minimum Gasteiger partial charge on any atom is -0.391 e. The van der Waals surface area contributed by atoms with Crippen LogP contribution in [0, 0.1) is 5.41 Å². The van der Waals surface area contributed by atoms with Crippen LogP contribution in [0.15, 0.2) is 0 Å². The second-order valence-corrected chi connectivity index (χ2v) is 6.38. The first kappa shape index (κ1) is 12.8. The highest BCUT2D eigenvalue weighted by Gasteiger charge is 2.39. The predicted molar refractivity (Wildman–Crippen MR) is 71.0 cm³/mol. The molecule has 2 nitrogen and oxygen atoms in total. The molecule has 0 bridgehead atoms. The molecule has 2 fully saturated rings. The van der Waals surface area contributed by atoms with Gasteiger partial charge < -0.3 is 10.0 Å². The molecular weight excluding hydrogens is 266 g/mol. The Hall–Kier alpha value is 0.400. The molecule has 2 unspecified atom stereocenters. The Morgan fingerprint density at radius 3 is 2.44 bits per heavy atom. The van der Waals surface area contributed by atoms with Crippen molar-refractivity contribution in [2.24, 2.45) is 5.41 Å². The van der Waals surface area contributed by atoms with E-state index < -0.39 is 0 Å². The molecule has 16 heavy (non-hydrogen) atoms. The van der Waals surface area contributed by atoms with E-state index in [1.165, 1.54) is 38.5 Å². The van der Waals surface area contributed by atoms with E-state index >= 15 is 0 Å². The van der Waals surface area contributed by atoms with Gasteiger partial charge in [-0.05, 0) is 38.1 Å². The van der Waals surface area contributed by atoms with Gasteiger partial charge in [0.2, 0.25) is 0 Å². The number of nitrogens with zero attached hydrogens (tertiary/aromatic N) is 1. The van der Waals surface area contributed by atoms with Gasteiger partial charge in [0, 0.05) is 17.9 Å². The van der Waals surface area contributed by atoms with Crippen molar-refractivity contribution in [3.05, 3.63) is 0 Å². The van der Waals surface area contributed by atoms with Gasteiger partial charge >= 0.3 is 0 Å². The van der Waals surface area contributed by atoms with Crippen LogP contribution in [0.25, 0.3) is 0 Å². The SMILES string of the molecule is CN(CC1(CBr)CCC1)C1CCCCC1O. The van der Waals surface area contributed by atoms with Crippen LogP contribution in [0.3, 0.4) is 0 Å². The fourth-order valence-corrected chi connectivity index (χ4v) is 4.00. The van der Waals surface area contributed by atoms with Gasteiger partial charge in [-0.15, -0.1) is 0 Å². The molecule has 2 rings (SSSR count). The zero-order valence-corrected chi connectivity index (χ0v) is 11.9. The minimum absolute atomic E-state index is 0.0915. The van der Waals surface area contributed by atoms with E-state index in [4.69, 9.17) is 0 Å².